The number of benzene rings is 2. The zero-order valence-electron chi connectivity index (χ0n) is 15.6. The van der Waals surface area contributed by atoms with Gasteiger partial charge in [0.25, 0.3) is 0 Å². The van der Waals surface area contributed by atoms with Crippen LogP contribution in [0.5, 0.6) is 0 Å². The van der Waals surface area contributed by atoms with Crippen molar-refractivity contribution in [3.05, 3.63) is 71.8 Å². The van der Waals surface area contributed by atoms with E-state index >= 15 is 0 Å². The van der Waals surface area contributed by atoms with E-state index in [4.69, 9.17) is 14.7 Å². The molecule has 138 valence electrons. The molecule has 0 spiro atoms. The van der Waals surface area contributed by atoms with Gasteiger partial charge >= 0.3 is 0 Å². The lowest BCUT2D eigenvalue weighted by molar-refractivity contribution is 0.210. The number of nitrogens with zero attached hydrogens (tertiary/aromatic N) is 3. The van der Waals surface area contributed by atoms with E-state index in [-0.39, 0.29) is 0 Å². The van der Waals surface area contributed by atoms with Crippen LogP contribution < -0.4 is 10.2 Å². The molecule has 1 N–H and O–H groups in total. The molecule has 1 aliphatic rings. The standard InChI is InChI=1S/C22H24N4O/c1-27-14-12-23-21-15-20(18-8-3-2-4-9-18)24-22(25-21)26-13-11-17-7-5-6-10-19(17)16-26/h2-10,15H,11-14,16H2,1H3,(H,23,24,25). The molecule has 0 atom stereocenters. The molecule has 1 aromatic heterocycles. The van der Waals surface area contributed by atoms with Gasteiger partial charge in [-0.05, 0) is 17.5 Å². The molecular formula is C22H24N4O. The van der Waals surface area contributed by atoms with Crippen molar-refractivity contribution in [3.63, 3.8) is 0 Å². The summed E-state index contributed by atoms with van der Waals surface area (Å²) < 4.78 is 5.15. The summed E-state index contributed by atoms with van der Waals surface area (Å²) in [6, 6.07) is 20.9. The van der Waals surface area contributed by atoms with Crippen molar-refractivity contribution >= 4 is 11.8 Å². The van der Waals surface area contributed by atoms with E-state index in [1.807, 2.05) is 24.3 Å². The predicted molar refractivity (Wildman–Crippen MR) is 109 cm³/mol. The highest BCUT2D eigenvalue weighted by Gasteiger charge is 2.19. The Morgan fingerprint density at radius 1 is 1.00 bits per heavy atom. The molecule has 0 unspecified atom stereocenters. The first-order valence-corrected chi connectivity index (χ1v) is 9.32. The third-order valence-electron chi connectivity index (χ3n) is 4.81. The number of hydrogen-bond acceptors (Lipinski definition) is 5. The maximum absolute atomic E-state index is 5.15. The third kappa shape index (κ3) is 4.09. The summed E-state index contributed by atoms with van der Waals surface area (Å²) in [6.07, 6.45) is 1.02. The fraction of sp³-hybridized carbons (Fsp3) is 0.273. The van der Waals surface area contributed by atoms with Gasteiger partial charge in [0.2, 0.25) is 5.95 Å². The topological polar surface area (TPSA) is 50.3 Å². The Labute approximate surface area is 160 Å². The van der Waals surface area contributed by atoms with Crippen LogP contribution in [0.25, 0.3) is 11.3 Å². The number of rotatable bonds is 6. The third-order valence-corrected chi connectivity index (χ3v) is 4.81. The van der Waals surface area contributed by atoms with Gasteiger partial charge in [0.15, 0.2) is 0 Å². The summed E-state index contributed by atoms with van der Waals surface area (Å²) in [6.45, 7) is 3.11. The van der Waals surface area contributed by atoms with Gasteiger partial charge in [-0.15, -0.1) is 0 Å². The molecule has 0 saturated carbocycles. The fourth-order valence-electron chi connectivity index (χ4n) is 3.37. The van der Waals surface area contributed by atoms with Crippen molar-refractivity contribution in [3.8, 4) is 11.3 Å². The monoisotopic (exact) mass is 360 g/mol. The largest absolute Gasteiger partial charge is 0.383 e. The van der Waals surface area contributed by atoms with Crippen LogP contribution in [0, 0.1) is 0 Å². The summed E-state index contributed by atoms with van der Waals surface area (Å²) in [5.74, 6) is 1.60. The van der Waals surface area contributed by atoms with Gasteiger partial charge in [-0.25, -0.2) is 4.98 Å². The minimum absolute atomic E-state index is 0.636. The van der Waals surface area contributed by atoms with E-state index < -0.39 is 0 Å². The van der Waals surface area contributed by atoms with Crippen LogP contribution in [-0.2, 0) is 17.7 Å². The second-order valence-corrected chi connectivity index (χ2v) is 6.66. The van der Waals surface area contributed by atoms with Crippen molar-refractivity contribution in [2.45, 2.75) is 13.0 Å². The van der Waals surface area contributed by atoms with Crippen molar-refractivity contribution in [1.29, 1.82) is 0 Å². The van der Waals surface area contributed by atoms with Crippen molar-refractivity contribution < 1.29 is 4.74 Å². The number of nitrogens with one attached hydrogen (secondary N) is 1. The van der Waals surface area contributed by atoms with E-state index in [0.29, 0.717) is 13.2 Å². The Bertz CT molecular complexity index is 898. The molecule has 0 fully saturated rings. The van der Waals surface area contributed by atoms with Crippen LogP contribution in [-0.4, -0.2) is 36.8 Å². The average molecular weight is 360 g/mol. The van der Waals surface area contributed by atoms with E-state index in [0.717, 1.165) is 42.5 Å². The average Bonchev–Trinajstić information content (AvgIpc) is 2.74. The summed E-state index contributed by atoms with van der Waals surface area (Å²) in [4.78, 5) is 11.9. The highest BCUT2D eigenvalue weighted by molar-refractivity contribution is 5.64. The van der Waals surface area contributed by atoms with Gasteiger partial charge in [-0.2, -0.15) is 4.98 Å². The highest BCUT2D eigenvalue weighted by Crippen LogP contribution is 2.26. The Hall–Kier alpha value is -2.92. The van der Waals surface area contributed by atoms with Gasteiger partial charge in [0.1, 0.15) is 5.82 Å². The zero-order chi connectivity index (χ0) is 18.5. The van der Waals surface area contributed by atoms with Crippen LogP contribution in [0.15, 0.2) is 60.7 Å². The molecular weight excluding hydrogens is 336 g/mol. The van der Waals surface area contributed by atoms with Crippen LogP contribution in [0.2, 0.25) is 0 Å². The highest BCUT2D eigenvalue weighted by atomic mass is 16.5. The second-order valence-electron chi connectivity index (χ2n) is 6.66. The van der Waals surface area contributed by atoms with Gasteiger partial charge in [-0.3, -0.25) is 0 Å². The smallest absolute Gasteiger partial charge is 0.228 e. The maximum Gasteiger partial charge on any atom is 0.228 e. The first-order valence-electron chi connectivity index (χ1n) is 9.32. The van der Waals surface area contributed by atoms with E-state index in [1.165, 1.54) is 11.1 Å². The fourth-order valence-corrected chi connectivity index (χ4v) is 3.37. The molecule has 0 aliphatic carbocycles. The minimum atomic E-state index is 0.636. The minimum Gasteiger partial charge on any atom is -0.383 e. The summed E-state index contributed by atoms with van der Waals surface area (Å²) in [5, 5.41) is 3.35. The van der Waals surface area contributed by atoms with Crippen LogP contribution >= 0.6 is 0 Å². The van der Waals surface area contributed by atoms with Gasteiger partial charge in [-0.1, -0.05) is 54.6 Å². The Morgan fingerprint density at radius 3 is 2.59 bits per heavy atom. The first kappa shape index (κ1) is 17.5. The van der Waals surface area contributed by atoms with Gasteiger partial charge < -0.3 is 15.0 Å². The van der Waals surface area contributed by atoms with E-state index in [1.54, 1.807) is 7.11 Å². The molecule has 4 rings (SSSR count). The number of hydrogen-bond donors (Lipinski definition) is 1. The van der Waals surface area contributed by atoms with E-state index in [9.17, 15) is 0 Å². The quantitative estimate of drug-likeness (QED) is 0.678. The second kappa shape index (κ2) is 8.18. The van der Waals surface area contributed by atoms with Crippen LogP contribution in [0.4, 0.5) is 11.8 Å². The first-order chi connectivity index (χ1) is 13.3. The zero-order valence-corrected chi connectivity index (χ0v) is 15.6. The molecule has 0 bridgehead atoms. The van der Waals surface area contributed by atoms with Crippen LogP contribution in [0.1, 0.15) is 11.1 Å². The lowest BCUT2D eigenvalue weighted by Crippen LogP contribution is -2.32. The Kier molecular flexibility index (Phi) is 5.30. The molecule has 27 heavy (non-hydrogen) atoms. The normalized spacial score (nSPS) is 13.3. The Morgan fingerprint density at radius 2 is 1.78 bits per heavy atom. The molecule has 0 radical (unpaired) electrons. The van der Waals surface area contributed by atoms with Crippen molar-refractivity contribution in [2.24, 2.45) is 0 Å². The number of anilines is 2. The summed E-state index contributed by atoms with van der Waals surface area (Å²) in [7, 11) is 1.70. The molecule has 3 aromatic rings. The molecule has 2 heterocycles. The summed E-state index contributed by atoms with van der Waals surface area (Å²) in [5.41, 5.74) is 4.80. The lowest BCUT2D eigenvalue weighted by Gasteiger charge is -2.29. The number of methoxy groups -OCH3 is 1. The number of fused-ring (bicyclic) bond motifs is 1. The molecule has 0 amide bonds. The lowest BCUT2D eigenvalue weighted by atomic mass is 10.0. The van der Waals surface area contributed by atoms with Crippen molar-refractivity contribution in [1.82, 2.24) is 9.97 Å². The summed E-state index contributed by atoms with van der Waals surface area (Å²) >= 11 is 0. The molecule has 1 aliphatic heterocycles. The number of ether oxygens (including phenoxy) is 1. The Balaban J connectivity index is 1.66. The predicted octanol–water partition coefficient (Wildman–Crippen LogP) is 3.76. The van der Waals surface area contributed by atoms with Gasteiger partial charge in [0, 0.05) is 38.4 Å². The van der Waals surface area contributed by atoms with E-state index in [2.05, 4.69) is 46.6 Å². The SMILES string of the molecule is COCCNc1cc(-c2ccccc2)nc(N2CCc3ccccc3C2)n1. The molecule has 2 aromatic carbocycles. The molecule has 5 nitrogen and oxygen atoms in total. The van der Waals surface area contributed by atoms with Gasteiger partial charge in [0.05, 0.1) is 12.3 Å². The maximum atomic E-state index is 5.15. The van der Waals surface area contributed by atoms with Crippen LogP contribution in [0.3, 0.4) is 0 Å². The number of aromatic nitrogens is 2. The molecule has 5 heteroatoms. The molecule has 0 saturated heterocycles. The van der Waals surface area contributed by atoms with Crippen molar-refractivity contribution in [2.75, 3.05) is 37.0 Å².